The minimum atomic E-state index is -0.276. The molecule has 2 aromatic carbocycles. The number of nitrogen functional groups attached to an aromatic ring is 1. The zero-order valence-electron chi connectivity index (χ0n) is 9.99. The van der Waals surface area contributed by atoms with Crippen LogP contribution in [0.5, 0.6) is 0 Å². The van der Waals surface area contributed by atoms with Crippen molar-refractivity contribution in [2.75, 3.05) is 5.73 Å². The van der Waals surface area contributed by atoms with Crippen LogP contribution in [-0.2, 0) is 0 Å². The van der Waals surface area contributed by atoms with Gasteiger partial charge in [-0.3, -0.25) is 0 Å². The van der Waals surface area contributed by atoms with Crippen LogP contribution in [0.25, 0.3) is 17.1 Å². The number of nitrogens with two attached hydrogens (primary N) is 1. The third-order valence-electron chi connectivity index (χ3n) is 2.79. The highest BCUT2D eigenvalue weighted by atomic mass is 19.1. The second-order valence-corrected chi connectivity index (χ2v) is 4.09. The van der Waals surface area contributed by atoms with Gasteiger partial charge < -0.3 is 5.73 Å². The molecule has 0 aliphatic heterocycles. The summed E-state index contributed by atoms with van der Waals surface area (Å²) in [4.78, 5) is 4.21. The molecular weight excluding hydrogens is 243 g/mol. The van der Waals surface area contributed by atoms with Crippen molar-refractivity contribution in [3.63, 3.8) is 0 Å². The van der Waals surface area contributed by atoms with Crippen LogP contribution in [0.3, 0.4) is 0 Å². The zero-order chi connectivity index (χ0) is 13.2. The third-order valence-corrected chi connectivity index (χ3v) is 2.79. The molecule has 5 heteroatoms. The Balaban J connectivity index is 2.07. The molecule has 3 rings (SSSR count). The monoisotopic (exact) mass is 254 g/mol. The third kappa shape index (κ3) is 2.18. The summed E-state index contributed by atoms with van der Waals surface area (Å²) in [5, 5.41) is 4.19. The van der Waals surface area contributed by atoms with Gasteiger partial charge in [0.2, 0.25) is 0 Å². The van der Waals surface area contributed by atoms with E-state index in [1.165, 1.54) is 18.5 Å². The SMILES string of the molecule is Nc1ccc(-n2ncnc2-c2ccc(F)cc2)cc1. The van der Waals surface area contributed by atoms with Gasteiger partial charge in [0.25, 0.3) is 0 Å². The molecule has 0 aliphatic carbocycles. The minimum Gasteiger partial charge on any atom is -0.399 e. The van der Waals surface area contributed by atoms with Crippen LogP contribution in [0.4, 0.5) is 10.1 Å². The summed E-state index contributed by atoms with van der Waals surface area (Å²) in [7, 11) is 0. The van der Waals surface area contributed by atoms with Gasteiger partial charge in [-0.05, 0) is 48.5 Å². The van der Waals surface area contributed by atoms with E-state index in [0.717, 1.165) is 11.3 Å². The molecule has 4 nitrogen and oxygen atoms in total. The van der Waals surface area contributed by atoms with Gasteiger partial charge >= 0.3 is 0 Å². The van der Waals surface area contributed by atoms with E-state index in [2.05, 4.69) is 10.1 Å². The van der Waals surface area contributed by atoms with Crippen molar-refractivity contribution in [1.29, 1.82) is 0 Å². The van der Waals surface area contributed by atoms with E-state index in [0.29, 0.717) is 11.5 Å². The Kier molecular flexibility index (Phi) is 2.72. The van der Waals surface area contributed by atoms with Crippen molar-refractivity contribution in [3.8, 4) is 17.1 Å². The Morgan fingerprint density at radius 2 is 1.63 bits per heavy atom. The summed E-state index contributed by atoms with van der Waals surface area (Å²) in [5.41, 5.74) is 8.00. The van der Waals surface area contributed by atoms with Crippen molar-refractivity contribution < 1.29 is 4.39 Å². The van der Waals surface area contributed by atoms with Crippen molar-refractivity contribution in [2.24, 2.45) is 0 Å². The Morgan fingerprint density at radius 3 is 2.32 bits per heavy atom. The molecule has 1 aromatic heterocycles. The van der Waals surface area contributed by atoms with E-state index in [4.69, 9.17) is 5.73 Å². The van der Waals surface area contributed by atoms with Crippen LogP contribution in [0, 0.1) is 5.82 Å². The topological polar surface area (TPSA) is 56.7 Å². The van der Waals surface area contributed by atoms with Gasteiger partial charge in [0.05, 0.1) is 5.69 Å². The normalized spacial score (nSPS) is 10.6. The fourth-order valence-electron chi connectivity index (χ4n) is 1.84. The predicted molar refractivity (Wildman–Crippen MR) is 71.2 cm³/mol. The number of aromatic nitrogens is 3. The number of nitrogens with zero attached hydrogens (tertiary/aromatic N) is 3. The smallest absolute Gasteiger partial charge is 0.163 e. The van der Waals surface area contributed by atoms with E-state index < -0.39 is 0 Å². The molecule has 0 bridgehead atoms. The first-order valence-electron chi connectivity index (χ1n) is 5.76. The van der Waals surface area contributed by atoms with E-state index in [1.807, 2.05) is 12.1 Å². The molecule has 94 valence electrons. The van der Waals surface area contributed by atoms with E-state index >= 15 is 0 Å². The highest BCUT2D eigenvalue weighted by Gasteiger charge is 2.08. The van der Waals surface area contributed by atoms with Crippen LogP contribution in [-0.4, -0.2) is 14.8 Å². The molecule has 0 spiro atoms. The minimum absolute atomic E-state index is 0.276. The number of rotatable bonds is 2. The largest absolute Gasteiger partial charge is 0.399 e. The molecule has 1 heterocycles. The lowest BCUT2D eigenvalue weighted by molar-refractivity contribution is 0.628. The highest BCUT2D eigenvalue weighted by Crippen LogP contribution is 2.20. The molecular formula is C14H11FN4. The van der Waals surface area contributed by atoms with Crippen molar-refractivity contribution >= 4 is 5.69 Å². The summed E-state index contributed by atoms with van der Waals surface area (Å²) in [6.07, 6.45) is 1.47. The van der Waals surface area contributed by atoms with Gasteiger partial charge in [-0.15, -0.1) is 0 Å². The summed E-state index contributed by atoms with van der Waals surface area (Å²) in [6, 6.07) is 13.5. The van der Waals surface area contributed by atoms with Crippen LogP contribution in [0.2, 0.25) is 0 Å². The Labute approximate surface area is 109 Å². The van der Waals surface area contributed by atoms with E-state index in [1.54, 1.807) is 28.9 Å². The number of benzene rings is 2. The fraction of sp³-hybridized carbons (Fsp3) is 0. The molecule has 2 N–H and O–H groups in total. The Hall–Kier alpha value is -2.69. The maximum Gasteiger partial charge on any atom is 0.163 e. The summed E-state index contributed by atoms with van der Waals surface area (Å²) < 4.78 is 14.6. The predicted octanol–water partition coefficient (Wildman–Crippen LogP) is 2.66. The quantitative estimate of drug-likeness (QED) is 0.715. The Morgan fingerprint density at radius 1 is 0.947 bits per heavy atom. The molecule has 0 saturated carbocycles. The lowest BCUT2D eigenvalue weighted by Crippen LogP contribution is -1.99. The maximum atomic E-state index is 12.9. The fourth-order valence-corrected chi connectivity index (χ4v) is 1.84. The van der Waals surface area contributed by atoms with E-state index in [9.17, 15) is 4.39 Å². The first kappa shape index (κ1) is 11.4. The van der Waals surface area contributed by atoms with Gasteiger partial charge in [0, 0.05) is 11.3 Å². The van der Waals surface area contributed by atoms with Crippen molar-refractivity contribution in [3.05, 3.63) is 60.7 Å². The molecule has 3 aromatic rings. The summed E-state index contributed by atoms with van der Waals surface area (Å²) >= 11 is 0. The van der Waals surface area contributed by atoms with Crippen LogP contribution in [0.15, 0.2) is 54.9 Å². The van der Waals surface area contributed by atoms with Crippen molar-refractivity contribution in [2.45, 2.75) is 0 Å². The van der Waals surface area contributed by atoms with Gasteiger partial charge in [0.1, 0.15) is 12.1 Å². The number of hydrogen-bond acceptors (Lipinski definition) is 3. The lowest BCUT2D eigenvalue weighted by atomic mass is 10.2. The number of hydrogen-bond donors (Lipinski definition) is 1. The average Bonchev–Trinajstić information content (AvgIpc) is 2.90. The van der Waals surface area contributed by atoms with Crippen LogP contribution in [0.1, 0.15) is 0 Å². The molecule has 0 fully saturated rings. The summed E-state index contributed by atoms with van der Waals surface area (Å²) in [6.45, 7) is 0. The summed E-state index contributed by atoms with van der Waals surface area (Å²) in [5.74, 6) is 0.382. The van der Waals surface area contributed by atoms with Gasteiger partial charge in [-0.1, -0.05) is 0 Å². The van der Waals surface area contributed by atoms with Gasteiger partial charge in [0.15, 0.2) is 5.82 Å². The second-order valence-electron chi connectivity index (χ2n) is 4.09. The molecule has 0 atom stereocenters. The maximum absolute atomic E-state index is 12.9. The molecule has 0 amide bonds. The molecule has 0 radical (unpaired) electrons. The lowest BCUT2D eigenvalue weighted by Gasteiger charge is -2.06. The first-order valence-corrected chi connectivity index (χ1v) is 5.76. The van der Waals surface area contributed by atoms with Crippen LogP contribution < -0.4 is 5.73 Å². The molecule has 0 unspecified atom stereocenters. The number of halogens is 1. The van der Waals surface area contributed by atoms with Gasteiger partial charge in [-0.2, -0.15) is 5.10 Å². The van der Waals surface area contributed by atoms with E-state index in [-0.39, 0.29) is 5.82 Å². The van der Waals surface area contributed by atoms with Crippen molar-refractivity contribution in [1.82, 2.24) is 14.8 Å². The zero-order valence-corrected chi connectivity index (χ0v) is 9.99. The molecule has 0 aliphatic rings. The molecule has 0 saturated heterocycles. The molecule has 19 heavy (non-hydrogen) atoms. The van der Waals surface area contributed by atoms with Gasteiger partial charge in [-0.25, -0.2) is 14.1 Å². The van der Waals surface area contributed by atoms with Crippen LogP contribution >= 0.6 is 0 Å². The first-order chi connectivity index (χ1) is 9.24. The average molecular weight is 254 g/mol. The number of anilines is 1. The second kappa shape index (κ2) is 4.53. The Bertz CT molecular complexity index is 626. The highest BCUT2D eigenvalue weighted by molar-refractivity contribution is 5.58. The standard InChI is InChI=1S/C14H11FN4/c15-11-3-1-10(2-4-11)14-17-9-18-19(14)13-7-5-12(16)6-8-13/h1-9H,16H2.